The molecule has 0 amide bonds. The van der Waals surface area contributed by atoms with Gasteiger partial charge in [-0.3, -0.25) is 0 Å². The van der Waals surface area contributed by atoms with Crippen LogP contribution in [0.15, 0.2) is 0 Å². The Morgan fingerprint density at radius 2 is 1.28 bits per heavy atom. The molecule has 1 heteroatoms. The molecule has 5 rings (SSSR count). The number of carbonyl (C=O) groups excluding carboxylic acids is 1. The molecular weight excluding hydrogens is 220 g/mol. The summed E-state index contributed by atoms with van der Waals surface area (Å²) in [5, 5.41) is 0. The molecule has 5 fully saturated rings. The molecule has 8 unspecified atom stereocenters. The second kappa shape index (κ2) is 4.08. The van der Waals surface area contributed by atoms with Crippen molar-refractivity contribution in [2.75, 3.05) is 0 Å². The third-order valence-corrected chi connectivity index (χ3v) is 7.30. The quantitative estimate of drug-likeness (QED) is 0.468. The number of carbonyl (C=O) groups is 1. The van der Waals surface area contributed by atoms with E-state index in [-0.39, 0.29) is 0 Å². The molecule has 5 aliphatic rings. The van der Waals surface area contributed by atoms with Crippen molar-refractivity contribution in [1.82, 2.24) is 0 Å². The van der Waals surface area contributed by atoms with Gasteiger partial charge in [0.25, 0.3) is 0 Å². The van der Waals surface area contributed by atoms with Crippen LogP contribution in [-0.4, -0.2) is 6.29 Å². The Morgan fingerprint density at radius 1 is 0.778 bits per heavy atom. The third kappa shape index (κ3) is 1.31. The number of hydrogen-bond acceptors (Lipinski definition) is 1. The van der Waals surface area contributed by atoms with E-state index < -0.39 is 0 Å². The molecule has 0 aromatic heterocycles. The highest BCUT2D eigenvalue weighted by Gasteiger charge is 2.65. The zero-order chi connectivity index (χ0) is 12.3. The molecule has 8 atom stereocenters. The van der Waals surface area contributed by atoms with E-state index in [4.69, 9.17) is 4.79 Å². The van der Waals surface area contributed by atoms with Gasteiger partial charge in [-0.2, -0.15) is 0 Å². The van der Waals surface area contributed by atoms with Crippen molar-refractivity contribution in [3.63, 3.8) is 0 Å². The van der Waals surface area contributed by atoms with Crippen molar-refractivity contribution < 1.29 is 4.79 Å². The number of rotatable bonds is 0. The van der Waals surface area contributed by atoms with Gasteiger partial charge < -0.3 is 4.79 Å². The first-order chi connectivity index (χ1) is 8.85. The van der Waals surface area contributed by atoms with Gasteiger partial charge in [0.1, 0.15) is 6.29 Å². The molecule has 1 nitrogen and oxygen atoms in total. The molecule has 0 N–H and O–H groups in total. The largest absolute Gasteiger partial charge is 0.304 e. The van der Waals surface area contributed by atoms with Crippen LogP contribution in [0.3, 0.4) is 0 Å². The lowest BCUT2D eigenvalue weighted by Gasteiger charge is -2.40. The van der Waals surface area contributed by atoms with E-state index in [1.54, 1.807) is 44.9 Å². The van der Waals surface area contributed by atoms with E-state index in [9.17, 15) is 0 Å². The highest BCUT2D eigenvalue weighted by molar-refractivity contribution is 5.44. The summed E-state index contributed by atoms with van der Waals surface area (Å²) < 4.78 is 0. The van der Waals surface area contributed by atoms with Crippen LogP contribution in [-0.2, 0) is 4.79 Å². The molecule has 4 bridgehead atoms. The van der Waals surface area contributed by atoms with E-state index in [0.717, 1.165) is 6.29 Å². The SMILES string of the molecule is C1CC2C(C1)C1CC2C2C3CCC(C3)C12.CC=O. The highest BCUT2D eigenvalue weighted by Crippen LogP contribution is 2.72. The van der Waals surface area contributed by atoms with Crippen molar-refractivity contribution in [3.8, 4) is 0 Å². The normalized spacial score (nSPS) is 58.1. The summed E-state index contributed by atoms with van der Waals surface area (Å²) in [5.41, 5.74) is 0. The molecule has 0 aliphatic heterocycles. The Bertz CT molecular complexity index is 322. The fraction of sp³-hybridized carbons (Fsp3) is 0.941. The third-order valence-electron chi connectivity index (χ3n) is 7.30. The van der Waals surface area contributed by atoms with Gasteiger partial charge >= 0.3 is 0 Å². The summed E-state index contributed by atoms with van der Waals surface area (Å²) >= 11 is 0. The first kappa shape index (κ1) is 11.5. The van der Waals surface area contributed by atoms with Crippen LogP contribution >= 0.6 is 0 Å². The lowest BCUT2D eigenvalue weighted by Crippen LogP contribution is -2.35. The minimum atomic E-state index is 0.750. The first-order valence-electron chi connectivity index (χ1n) is 8.25. The standard InChI is InChI=1S/C15H22.C2H4O/c1-2-10-11(3-1)13-7-12(10)14-8-4-5-9(6-8)15(13)14;1-2-3/h8-15H,1-7H2;2H,1H3. The van der Waals surface area contributed by atoms with Crippen LogP contribution < -0.4 is 0 Å². The van der Waals surface area contributed by atoms with Crippen molar-refractivity contribution in [2.24, 2.45) is 47.3 Å². The number of fused-ring (bicyclic) bond motifs is 12. The van der Waals surface area contributed by atoms with E-state index in [0.29, 0.717) is 0 Å². The molecule has 0 aromatic carbocycles. The predicted molar refractivity (Wildman–Crippen MR) is 72.0 cm³/mol. The molecule has 0 saturated heterocycles. The van der Waals surface area contributed by atoms with Crippen LogP contribution in [0.4, 0.5) is 0 Å². The van der Waals surface area contributed by atoms with Gasteiger partial charge in [0.2, 0.25) is 0 Å². The smallest absolute Gasteiger partial charge is 0.116 e. The van der Waals surface area contributed by atoms with Gasteiger partial charge in [-0.1, -0.05) is 6.42 Å². The van der Waals surface area contributed by atoms with E-state index in [1.807, 2.05) is 0 Å². The summed E-state index contributed by atoms with van der Waals surface area (Å²) in [6.45, 7) is 1.44. The average molecular weight is 246 g/mol. The van der Waals surface area contributed by atoms with E-state index >= 15 is 0 Å². The predicted octanol–water partition coefficient (Wildman–Crippen LogP) is 3.92. The lowest BCUT2D eigenvalue weighted by molar-refractivity contribution is -0.106. The van der Waals surface area contributed by atoms with Gasteiger partial charge in [-0.05, 0) is 92.8 Å². The summed E-state index contributed by atoms with van der Waals surface area (Å²) in [7, 11) is 0. The number of aldehydes is 1. The van der Waals surface area contributed by atoms with Gasteiger partial charge in [-0.25, -0.2) is 0 Å². The molecule has 5 saturated carbocycles. The molecule has 0 radical (unpaired) electrons. The molecule has 18 heavy (non-hydrogen) atoms. The van der Waals surface area contributed by atoms with Crippen LogP contribution in [0.1, 0.15) is 51.9 Å². The summed E-state index contributed by atoms with van der Waals surface area (Å²) in [5.74, 6) is 9.78. The zero-order valence-electron chi connectivity index (χ0n) is 11.6. The first-order valence-corrected chi connectivity index (χ1v) is 8.25. The van der Waals surface area contributed by atoms with Crippen molar-refractivity contribution in [1.29, 1.82) is 0 Å². The fourth-order valence-electron chi connectivity index (χ4n) is 7.28. The average Bonchev–Trinajstić information content (AvgIpc) is 3.14. The minimum absolute atomic E-state index is 0.750. The highest BCUT2D eigenvalue weighted by atomic mass is 16.1. The summed E-state index contributed by atoms with van der Waals surface area (Å²) in [6, 6.07) is 0. The van der Waals surface area contributed by atoms with Gasteiger partial charge in [0.05, 0.1) is 0 Å². The second-order valence-electron chi connectivity index (χ2n) is 7.55. The lowest BCUT2D eigenvalue weighted by atomic mass is 9.64. The van der Waals surface area contributed by atoms with Crippen molar-refractivity contribution in [3.05, 3.63) is 0 Å². The molecule has 100 valence electrons. The molecule has 0 spiro atoms. The second-order valence-corrected chi connectivity index (χ2v) is 7.55. The minimum Gasteiger partial charge on any atom is -0.304 e. The monoisotopic (exact) mass is 246 g/mol. The Morgan fingerprint density at radius 3 is 1.78 bits per heavy atom. The molecule has 5 aliphatic carbocycles. The van der Waals surface area contributed by atoms with Gasteiger partial charge in [0, 0.05) is 0 Å². The maximum atomic E-state index is 8.81. The summed E-state index contributed by atoms with van der Waals surface area (Å²) in [4.78, 5) is 8.81. The fourth-order valence-corrected chi connectivity index (χ4v) is 7.28. The van der Waals surface area contributed by atoms with E-state index in [1.165, 1.54) is 54.3 Å². The van der Waals surface area contributed by atoms with Gasteiger partial charge in [0.15, 0.2) is 0 Å². The Hall–Kier alpha value is -0.330. The maximum absolute atomic E-state index is 8.81. The summed E-state index contributed by atoms with van der Waals surface area (Å²) in [6.07, 6.45) is 12.1. The Kier molecular flexibility index (Phi) is 2.61. The van der Waals surface area contributed by atoms with Crippen LogP contribution in [0, 0.1) is 47.3 Å². The Balaban J connectivity index is 0.000000272. The Labute approximate surface area is 111 Å². The van der Waals surface area contributed by atoms with Crippen LogP contribution in [0.2, 0.25) is 0 Å². The molecule has 0 heterocycles. The van der Waals surface area contributed by atoms with Crippen LogP contribution in [0.5, 0.6) is 0 Å². The van der Waals surface area contributed by atoms with Gasteiger partial charge in [-0.15, -0.1) is 0 Å². The topological polar surface area (TPSA) is 17.1 Å². The molecule has 0 aromatic rings. The van der Waals surface area contributed by atoms with Crippen molar-refractivity contribution >= 4 is 6.29 Å². The zero-order valence-corrected chi connectivity index (χ0v) is 11.6. The van der Waals surface area contributed by atoms with Crippen LogP contribution in [0.25, 0.3) is 0 Å². The maximum Gasteiger partial charge on any atom is 0.116 e. The van der Waals surface area contributed by atoms with E-state index in [2.05, 4.69) is 0 Å². The number of hydrogen-bond donors (Lipinski definition) is 0. The van der Waals surface area contributed by atoms with Crippen molar-refractivity contribution in [2.45, 2.75) is 51.9 Å². The molecular formula is C17H26O.